The molecule has 1 aromatic carbocycles. The van der Waals surface area contributed by atoms with Crippen LogP contribution in [0, 0.1) is 0 Å². The van der Waals surface area contributed by atoms with Gasteiger partial charge in [0.05, 0.1) is 22.9 Å². The van der Waals surface area contributed by atoms with Crippen LogP contribution in [0.1, 0.15) is 12.8 Å². The number of benzene rings is 1. The predicted molar refractivity (Wildman–Crippen MR) is 65.0 cm³/mol. The van der Waals surface area contributed by atoms with Gasteiger partial charge in [0.2, 0.25) is 5.88 Å². The Morgan fingerprint density at radius 2 is 2.24 bits per heavy atom. The molecule has 1 aliphatic rings. The van der Waals surface area contributed by atoms with Crippen molar-refractivity contribution >= 4 is 17.5 Å². The Hall–Kier alpha value is -1.68. The fourth-order valence-electron chi connectivity index (χ4n) is 1.59. The number of aromatic nitrogens is 1. The number of hydrogen-bond donors (Lipinski definition) is 1. The zero-order chi connectivity index (χ0) is 11.8. The minimum atomic E-state index is 0.289. The molecule has 1 heterocycles. The van der Waals surface area contributed by atoms with Crippen LogP contribution in [-0.2, 0) is 0 Å². The van der Waals surface area contributed by atoms with Crippen molar-refractivity contribution in [2.45, 2.75) is 18.9 Å². The smallest absolute Gasteiger partial charge is 0.229 e. The summed E-state index contributed by atoms with van der Waals surface area (Å²) >= 11 is 6.15. The van der Waals surface area contributed by atoms with Crippen molar-refractivity contribution in [2.24, 2.45) is 0 Å². The molecule has 88 valence electrons. The van der Waals surface area contributed by atoms with Gasteiger partial charge in [-0.15, -0.1) is 0 Å². The van der Waals surface area contributed by atoms with Crippen molar-refractivity contribution in [3.8, 4) is 16.9 Å². The summed E-state index contributed by atoms with van der Waals surface area (Å²) in [7, 11) is 0. The number of hydrogen-bond acceptors (Lipinski definition) is 4. The molecule has 0 aliphatic heterocycles. The third-order valence-corrected chi connectivity index (χ3v) is 2.95. The number of halogens is 1. The zero-order valence-electron chi connectivity index (χ0n) is 9.02. The maximum Gasteiger partial charge on any atom is 0.229 e. The third kappa shape index (κ3) is 2.08. The average molecular weight is 251 g/mol. The van der Waals surface area contributed by atoms with Gasteiger partial charge in [0.25, 0.3) is 0 Å². The maximum absolute atomic E-state index is 6.15. The van der Waals surface area contributed by atoms with Gasteiger partial charge >= 0.3 is 0 Å². The Labute approximate surface area is 103 Å². The first-order valence-corrected chi connectivity index (χ1v) is 5.78. The first-order valence-electron chi connectivity index (χ1n) is 5.41. The molecule has 1 aliphatic carbocycles. The Bertz CT molecular complexity index is 549. The van der Waals surface area contributed by atoms with Gasteiger partial charge in [0, 0.05) is 0 Å². The molecule has 0 radical (unpaired) electrons. The minimum Gasteiger partial charge on any atom is -0.489 e. The summed E-state index contributed by atoms with van der Waals surface area (Å²) in [5, 5.41) is 4.21. The highest BCUT2D eigenvalue weighted by molar-refractivity contribution is 6.32. The predicted octanol–water partition coefficient (Wildman–Crippen LogP) is 3.12. The van der Waals surface area contributed by atoms with E-state index >= 15 is 0 Å². The van der Waals surface area contributed by atoms with Crippen LogP contribution >= 0.6 is 11.6 Å². The highest BCUT2D eigenvalue weighted by Gasteiger charge is 2.24. The standard InChI is InChI=1S/C12H11ClN2O2/c13-10-5-7(9-6-15-17-12(9)14)1-4-11(10)16-8-2-3-8/h1,4-6,8H,2-3,14H2. The lowest BCUT2D eigenvalue weighted by atomic mass is 10.1. The summed E-state index contributed by atoms with van der Waals surface area (Å²) in [6.07, 6.45) is 4.12. The second kappa shape index (κ2) is 3.96. The summed E-state index contributed by atoms with van der Waals surface area (Å²) in [5.74, 6) is 1.00. The van der Waals surface area contributed by atoms with Gasteiger partial charge in [-0.05, 0) is 30.5 Å². The molecule has 0 spiro atoms. The van der Waals surface area contributed by atoms with Gasteiger partial charge in [-0.25, -0.2) is 0 Å². The van der Waals surface area contributed by atoms with Crippen LogP contribution in [0.3, 0.4) is 0 Å². The summed E-state index contributed by atoms with van der Waals surface area (Å²) in [6, 6.07) is 5.55. The quantitative estimate of drug-likeness (QED) is 0.909. The van der Waals surface area contributed by atoms with Gasteiger partial charge < -0.3 is 15.0 Å². The van der Waals surface area contributed by atoms with Crippen LogP contribution in [0.2, 0.25) is 5.02 Å². The van der Waals surface area contributed by atoms with E-state index in [2.05, 4.69) is 5.16 Å². The van der Waals surface area contributed by atoms with Crippen molar-refractivity contribution in [3.63, 3.8) is 0 Å². The first-order chi connectivity index (χ1) is 8.24. The zero-order valence-corrected chi connectivity index (χ0v) is 9.78. The minimum absolute atomic E-state index is 0.289. The largest absolute Gasteiger partial charge is 0.489 e. The van der Waals surface area contributed by atoms with Crippen molar-refractivity contribution in [3.05, 3.63) is 29.4 Å². The lowest BCUT2D eigenvalue weighted by molar-refractivity contribution is 0.303. The number of nitrogen functional groups attached to an aromatic ring is 1. The molecule has 17 heavy (non-hydrogen) atoms. The number of ether oxygens (including phenoxy) is 1. The Morgan fingerprint density at radius 3 is 2.82 bits per heavy atom. The van der Waals surface area contributed by atoms with E-state index in [0.29, 0.717) is 16.9 Å². The lowest BCUT2D eigenvalue weighted by Crippen LogP contribution is -1.96. The molecule has 2 N–H and O–H groups in total. The lowest BCUT2D eigenvalue weighted by Gasteiger charge is -2.07. The Balaban J connectivity index is 1.92. The van der Waals surface area contributed by atoms with Crippen LogP contribution in [0.5, 0.6) is 5.75 Å². The van der Waals surface area contributed by atoms with Crippen LogP contribution in [0.4, 0.5) is 5.88 Å². The van der Waals surface area contributed by atoms with E-state index in [0.717, 1.165) is 24.0 Å². The first kappa shape index (κ1) is 10.5. The van der Waals surface area contributed by atoms with Crippen LogP contribution in [-0.4, -0.2) is 11.3 Å². The number of nitrogens with two attached hydrogens (primary N) is 1. The molecule has 1 saturated carbocycles. The van der Waals surface area contributed by atoms with Crippen LogP contribution in [0.25, 0.3) is 11.1 Å². The normalized spacial score (nSPS) is 14.9. The fourth-order valence-corrected chi connectivity index (χ4v) is 1.82. The molecular formula is C12H11ClN2O2. The van der Waals surface area contributed by atoms with Gasteiger partial charge in [0.1, 0.15) is 5.75 Å². The molecule has 0 bridgehead atoms. The Kier molecular flexibility index (Phi) is 2.44. The molecule has 1 fully saturated rings. The van der Waals surface area contributed by atoms with E-state index in [1.54, 1.807) is 6.20 Å². The van der Waals surface area contributed by atoms with E-state index in [1.807, 2.05) is 18.2 Å². The summed E-state index contributed by atoms with van der Waals surface area (Å²) in [4.78, 5) is 0. The molecule has 1 aromatic heterocycles. The summed E-state index contributed by atoms with van der Waals surface area (Å²) in [6.45, 7) is 0. The maximum atomic E-state index is 6.15. The van der Waals surface area contributed by atoms with E-state index in [9.17, 15) is 0 Å². The van der Waals surface area contributed by atoms with Gasteiger partial charge in [0.15, 0.2) is 0 Å². The van der Waals surface area contributed by atoms with E-state index in [4.69, 9.17) is 26.6 Å². The third-order valence-electron chi connectivity index (χ3n) is 2.66. The molecule has 0 unspecified atom stereocenters. The molecule has 3 rings (SSSR count). The van der Waals surface area contributed by atoms with Crippen LogP contribution in [0.15, 0.2) is 28.9 Å². The van der Waals surface area contributed by atoms with Crippen molar-refractivity contribution in [1.29, 1.82) is 0 Å². The van der Waals surface area contributed by atoms with Gasteiger partial charge in [-0.3, -0.25) is 0 Å². The molecule has 0 saturated heterocycles. The topological polar surface area (TPSA) is 61.3 Å². The molecule has 4 nitrogen and oxygen atoms in total. The van der Waals surface area contributed by atoms with E-state index in [1.165, 1.54) is 0 Å². The SMILES string of the molecule is Nc1oncc1-c1ccc(OC2CC2)c(Cl)c1. The van der Waals surface area contributed by atoms with Gasteiger partial charge in [-0.1, -0.05) is 22.8 Å². The fraction of sp³-hybridized carbons (Fsp3) is 0.250. The monoisotopic (exact) mass is 250 g/mol. The average Bonchev–Trinajstić information content (AvgIpc) is 3.02. The van der Waals surface area contributed by atoms with Gasteiger partial charge in [-0.2, -0.15) is 0 Å². The molecule has 5 heteroatoms. The molecular weight excluding hydrogens is 240 g/mol. The van der Waals surface area contributed by atoms with Crippen molar-refractivity contribution in [2.75, 3.05) is 5.73 Å². The highest BCUT2D eigenvalue weighted by Crippen LogP contribution is 2.35. The second-order valence-corrected chi connectivity index (χ2v) is 4.47. The number of rotatable bonds is 3. The van der Waals surface area contributed by atoms with Crippen molar-refractivity contribution < 1.29 is 9.26 Å². The second-order valence-electron chi connectivity index (χ2n) is 4.07. The van der Waals surface area contributed by atoms with E-state index < -0.39 is 0 Å². The summed E-state index contributed by atoms with van der Waals surface area (Å²) in [5.41, 5.74) is 7.26. The summed E-state index contributed by atoms with van der Waals surface area (Å²) < 4.78 is 10.5. The molecule has 0 amide bonds. The molecule has 2 aromatic rings. The van der Waals surface area contributed by atoms with E-state index in [-0.39, 0.29) is 5.88 Å². The Morgan fingerprint density at radius 1 is 1.41 bits per heavy atom. The number of anilines is 1. The van der Waals surface area contributed by atoms with Crippen LogP contribution < -0.4 is 10.5 Å². The molecule has 0 atom stereocenters. The number of nitrogens with zero attached hydrogens (tertiary/aromatic N) is 1. The highest BCUT2D eigenvalue weighted by atomic mass is 35.5. The van der Waals surface area contributed by atoms with Crippen molar-refractivity contribution in [1.82, 2.24) is 5.16 Å².